The van der Waals surface area contributed by atoms with Gasteiger partial charge in [-0.15, -0.1) is 11.3 Å². The maximum absolute atomic E-state index is 11.7. The monoisotopic (exact) mass is 292 g/mol. The number of nitrogens with zero attached hydrogens (tertiary/aromatic N) is 1. The molecule has 1 rings (SSSR count). The molecule has 0 aromatic carbocycles. The minimum Gasteiger partial charge on any atom is -0.478 e. The first-order valence-electron chi connectivity index (χ1n) is 4.75. The van der Waals surface area contributed by atoms with Crippen molar-refractivity contribution in [2.24, 2.45) is 0 Å². The van der Waals surface area contributed by atoms with Gasteiger partial charge in [-0.25, -0.2) is 17.9 Å². The summed E-state index contributed by atoms with van der Waals surface area (Å²) in [5, 5.41) is 9.91. The lowest BCUT2D eigenvalue weighted by Crippen LogP contribution is -2.35. The number of carboxylic acid groups (broad SMARTS) is 1. The number of rotatable bonds is 5. The number of carboxylic acids is 1. The summed E-state index contributed by atoms with van der Waals surface area (Å²) in [6.07, 6.45) is 0. The van der Waals surface area contributed by atoms with Crippen LogP contribution in [0.15, 0.2) is 15.7 Å². The predicted molar refractivity (Wildman–Crippen MR) is 65.2 cm³/mol. The van der Waals surface area contributed by atoms with Crippen LogP contribution in [0.2, 0.25) is 0 Å². The van der Waals surface area contributed by atoms with Gasteiger partial charge in [0, 0.05) is 19.5 Å². The Bertz CT molecular complexity index is 561. The van der Waals surface area contributed by atoms with Crippen LogP contribution in [-0.2, 0) is 14.8 Å². The summed E-state index contributed by atoms with van der Waals surface area (Å²) < 4.78 is 25.4. The van der Waals surface area contributed by atoms with Crippen LogP contribution in [0.3, 0.4) is 0 Å². The van der Waals surface area contributed by atoms with Gasteiger partial charge >= 0.3 is 5.97 Å². The summed E-state index contributed by atoms with van der Waals surface area (Å²) in [5.74, 6) is -1.59. The highest BCUT2D eigenvalue weighted by atomic mass is 32.2. The molecule has 1 aromatic heterocycles. The molecule has 1 amide bonds. The first-order valence-corrected chi connectivity index (χ1v) is 7.12. The van der Waals surface area contributed by atoms with Crippen LogP contribution in [0.1, 0.15) is 10.4 Å². The number of carbonyl (C=O) groups excluding carboxylic acids is 1. The lowest BCUT2D eigenvalue weighted by Gasteiger charge is -2.10. The zero-order chi connectivity index (χ0) is 13.9. The number of hydrogen-bond donors (Lipinski definition) is 2. The number of sulfonamides is 1. The number of aromatic carboxylic acids is 1. The average molecular weight is 292 g/mol. The minimum absolute atomic E-state index is 0.0979. The van der Waals surface area contributed by atoms with Crippen molar-refractivity contribution < 1.29 is 23.1 Å². The molecular formula is C9H12N2O5S2. The molecule has 0 fully saturated rings. The van der Waals surface area contributed by atoms with Gasteiger partial charge in [-0.2, -0.15) is 0 Å². The van der Waals surface area contributed by atoms with E-state index in [2.05, 4.69) is 4.72 Å². The average Bonchev–Trinajstić information content (AvgIpc) is 2.75. The summed E-state index contributed by atoms with van der Waals surface area (Å²) in [6, 6.07) is 1.05. The SMILES string of the molecule is CN(C)C(=O)CNS(=O)(=O)c1cc(C(=O)O)cs1. The fraction of sp³-hybridized carbons (Fsp3) is 0.333. The Hall–Kier alpha value is -1.45. The predicted octanol–water partition coefficient (Wildman–Crippen LogP) is -0.187. The quantitative estimate of drug-likeness (QED) is 0.783. The third-order valence-corrected chi connectivity index (χ3v) is 4.84. The summed E-state index contributed by atoms with van der Waals surface area (Å²) >= 11 is 0.789. The Morgan fingerprint density at radius 1 is 1.44 bits per heavy atom. The normalized spacial score (nSPS) is 11.2. The van der Waals surface area contributed by atoms with Crippen LogP contribution < -0.4 is 4.72 Å². The van der Waals surface area contributed by atoms with E-state index in [9.17, 15) is 18.0 Å². The first kappa shape index (κ1) is 14.6. The van der Waals surface area contributed by atoms with Crippen molar-refractivity contribution in [1.82, 2.24) is 9.62 Å². The molecule has 1 aromatic rings. The maximum atomic E-state index is 11.7. The highest BCUT2D eigenvalue weighted by molar-refractivity contribution is 7.91. The topological polar surface area (TPSA) is 104 Å². The second-order valence-corrected chi connectivity index (χ2v) is 6.48. The Kier molecular flexibility index (Phi) is 4.43. The van der Waals surface area contributed by atoms with Crippen LogP contribution in [0.5, 0.6) is 0 Å². The van der Waals surface area contributed by atoms with Crippen LogP contribution >= 0.6 is 11.3 Å². The zero-order valence-electron chi connectivity index (χ0n) is 9.71. The lowest BCUT2D eigenvalue weighted by atomic mass is 10.4. The van der Waals surface area contributed by atoms with E-state index in [-0.39, 0.29) is 16.3 Å². The number of hydrogen-bond acceptors (Lipinski definition) is 5. The minimum atomic E-state index is -3.84. The summed E-state index contributed by atoms with van der Waals surface area (Å²) in [7, 11) is -0.835. The Morgan fingerprint density at radius 2 is 2.06 bits per heavy atom. The van der Waals surface area contributed by atoms with Gasteiger partial charge in [0.25, 0.3) is 10.0 Å². The van der Waals surface area contributed by atoms with E-state index in [1.54, 1.807) is 0 Å². The molecule has 0 spiro atoms. The van der Waals surface area contributed by atoms with E-state index in [1.807, 2.05) is 0 Å². The Labute approximate surface area is 108 Å². The molecule has 0 unspecified atom stereocenters. The zero-order valence-corrected chi connectivity index (χ0v) is 11.3. The van der Waals surface area contributed by atoms with Crippen molar-refractivity contribution in [2.45, 2.75) is 4.21 Å². The molecule has 0 radical (unpaired) electrons. The molecular weight excluding hydrogens is 280 g/mol. The highest BCUT2D eigenvalue weighted by Crippen LogP contribution is 2.19. The van der Waals surface area contributed by atoms with Gasteiger partial charge in [0.1, 0.15) is 4.21 Å². The van der Waals surface area contributed by atoms with Crippen molar-refractivity contribution in [3.8, 4) is 0 Å². The lowest BCUT2D eigenvalue weighted by molar-refractivity contribution is -0.127. The molecule has 9 heteroatoms. The van der Waals surface area contributed by atoms with E-state index in [0.717, 1.165) is 17.4 Å². The molecule has 0 saturated carbocycles. The van der Waals surface area contributed by atoms with Crippen molar-refractivity contribution >= 4 is 33.2 Å². The summed E-state index contributed by atoms with van der Waals surface area (Å²) in [5.41, 5.74) is -0.0979. The fourth-order valence-corrected chi connectivity index (χ4v) is 3.13. The molecule has 0 aliphatic rings. The molecule has 2 N–H and O–H groups in total. The maximum Gasteiger partial charge on any atom is 0.336 e. The molecule has 0 aliphatic carbocycles. The van der Waals surface area contributed by atoms with Gasteiger partial charge in [0.2, 0.25) is 5.91 Å². The molecule has 0 saturated heterocycles. The van der Waals surface area contributed by atoms with Crippen molar-refractivity contribution in [3.63, 3.8) is 0 Å². The van der Waals surface area contributed by atoms with Gasteiger partial charge in [0.05, 0.1) is 12.1 Å². The number of nitrogens with one attached hydrogen (secondary N) is 1. The number of thiophene rings is 1. The van der Waals surface area contributed by atoms with E-state index >= 15 is 0 Å². The van der Waals surface area contributed by atoms with Gasteiger partial charge in [-0.3, -0.25) is 4.79 Å². The van der Waals surface area contributed by atoms with Crippen LogP contribution in [-0.4, -0.2) is 50.9 Å². The van der Waals surface area contributed by atoms with Crippen LogP contribution in [0, 0.1) is 0 Å². The van der Waals surface area contributed by atoms with Crippen molar-refractivity contribution in [3.05, 3.63) is 17.0 Å². The Balaban J connectivity index is 2.80. The number of likely N-dealkylation sites (N-methyl/N-ethyl adjacent to an activating group) is 1. The molecule has 100 valence electrons. The largest absolute Gasteiger partial charge is 0.478 e. The van der Waals surface area contributed by atoms with E-state index in [1.165, 1.54) is 24.4 Å². The summed E-state index contributed by atoms with van der Waals surface area (Å²) in [4.78, 5) is 23.1. The van der Waals surface area contributed by atoms with Crippen LogP contribution in [0.25, 0.3) is 0 Å². The van der Waals surface area contributed by atoms with Gasteiger partial charge < -0.3 is 10.0 Å². The standard InChI is InChI=1S/C9H12N2O5S2/c1-11(2)7(12)4-10-18(15,16)8-3-6(5-17-8)9(13)14/h3,5,10H,4H2,1-2H3,(H,13,14). The second-order valence-electron chi connectivity index (χ2n) is 3.57. The molecule has 7 nitrogen and oxygen atoms in total. The molecule has 0 bridgehead atoms. The Morgan fingerprint density at radius 3 is 2.50 bits per heavy atom. The third-order valence-electron chi connectivity index (χ3n) is 2.00. The fourth-order valence-electron chi connectivity index (χ4n) is 0.956. The van der Waals surface area contributed by atoms with Crippen molar-refractivity contribution in [1.29, 1.82) is 0 Å². The van der Waals surface area contributed by atoms with Gasteiger partial charge in [-0.1, -0.05) is 0 Å². The second kappa shape index (κ2) is 5.46. The van der Waals surface area contributed by atoms with E-state index in [0.29, 0.717) is 0 Å². The van der Waals surface area contributed by atoms with Crippen molar-refractivity contribution in [2.75, 3.05) is 20.6 Å². The van der Waals surface area contributed by atoms with Crippen LogP contribution in [0.4, 0.5) is 0 Å². The highest BCUT2D eigenvalue weighted by Gasteiger charge is 2.20. The van der Waals surface area contributed by atoms with Gasteiger partial charge in [-0.05, 0) is 6.07 Å². The molecule has 0 atom stereocenters. The molecule has 0 aliphatic heterocycles. The van der Waals surface area contributed by atoms with E-state index < -0.39 is 21.9 Å². The molecule has 18 heavy (non-hydrogen) atoms. The summed E-state index contributed by atoms with van der Waals surface area (Å²) in [6.45, 7) is -0.365. The smallest absolute Gasteiger partial charge is 0.336 e. The number of carbonyl (C=O) groups is 2. The third kappa shape index (κ3) is 3.52. The van der Waals surface area contributed by atoms with E-state index in [4.69, 9.17) is 5.11 Å². The molecule has 1 heterocycles. The number of amides is 1. The first-order chi connectivity index (χ1) is 8.24. The van der Waals surface area contributed by atoms with Gasteiger partial charge in [0.15, 0.2) is 0 Å².